The summed E-state index contributed by atoms with van der Waals surface area (Å²) < 4.78 is 38.4. The van der Waals surface area contributed by atoms with Crippen LogP contribution < -0.4 is 5.32 Å². The fourth-order valence-electron chi connectivity index (χ4n) is 1.33. The van der Waals surface area contributed by atoms with Crippen LogP contribution in [0.3, 0.4) is 0 Å². The number of hydrogen-bond acceptors (Lipinski definition) is 2. The predicted octanol–water partition coefficient (Wildman–Crippen LogP) is 3.64. The van der Waals surface area contributed by atoms with Gasteiger partial charge in [-0.05, 0) is 19.1 Å². The van der Waals surface area contributed by atoms with Crippen molar-refractivity contribution in [3.8, 4) is 6.07 Å². The second kappa shape index (κ2) is 5.45. The molecule has 0 unspecified atom stereocenters. The Kier molecular flexibility index (Phi) is 4.16. The average Bonchev–Trinajstić information content (AvgIpc) is 2.36. The lowest BCUT2D eigenvalue weighted by Gasteiger charge is -2.13. The first-order chi connectivity index (χ1) is 9.20. The van der Waals surface area contributed by atoms with Gasteiger partial charge >= 0.3 is 6.18 Å². The summed E-state index contributed by atoms with van der Waals surface area (Å²) in [5, 5.41) is 11.0. The van der Waals surface area contributed by atoms with E-state index in [0.717, 1.165) is 6.07 Å². The van der Waals surface area contributed by atoms with Gasteiger partial charge in [0.05, 0.1) is 29.5 Å². The van der Waals surface area contributed by atoms with Crippen molar-refractivity contribution < 1.29 is 18.0 Å². The quantitative estimate of drug-likeness (QED) is 0.663. The predicted molar refractivity (Wildman–Crippen MR) is 65.9 cm³/mol. The van der Waals surface area contributed by atoms with Crippen molar-refractivity contribution in [3.63, 3.8) is 0 Å². The Morgan fingerprint density at radius 2 is 2.10 bits per heavy atom. The largest absolute Gasteiger partial charge is 0.407 e. The molecule has 7 heteroatoms. The van der Waals surface area contributed by atoms with Crippen molar-refractivity contribution in [1.29, 1.82) is 5.26 Å². The third-order valence-corrected chi connectivity index (χ3v) is 2.32. The van der Waals surface area contributed by atoms with Gasteiger partial charge in [0.15, 0.2) is 0 Å². The van der Waals surface area contributed by atoms with Crippen LogP contribution in [0, 0.1) is 17.9 Å². The zero-order valence-electron chi connectivity index (χ0n) is 10.3. The molecule has 0 aliphatic heterocycles. The van der Waals surface area contributed by atoms with Crippen molar-refractivity contribution in [1.82, 2.24) is 0 Å². The molecule has 0 heterocycles. The summed E-state index contributed by atoms with van der Waals surface area (Å²) >= 11 is 0. The second-order valence-corrected chi connectivity index (χ2v) is 3.87. The van der Waals surface area contributed by atoms with Crippen molar-refractivity contribution >= 4 is 17.3 Å². The lowest BCUT2D eigenvalue weighted by Crippen LogP contribution is -2.14. The third-order valence-electron chi connectivity index (χ3n) is 2.32. The molecule has 0 bridgehead atoms. The van der Waals surface area contributed by atoms with Crippen molar-refractivity contribution in [2.24, 2.45) is 0 Å². The number of nitriles is 1. The van der Waals surface area contributed by atoms with Crippen LogP contribution in [-0.2, 0) is 11.0 Å². The van der Waals surface area contributed by atoms with Gasteiger partial charge < -0.3 is 5.32 Å². The number of carbonyl (C=O) groups excluding carboxylic acids is 1. The number of carbonyl (C=O) groups is 1. The number of nitrogens with one attached hydrogen (secondary N) is 1. The van der Waals surface area contributed by atoms with Crippen LogP contribution in [0.4, 0.5) is 24.5 Å². The van der Waals surface area contributed by atoms with E-state index < -0.39 is 23.3 Å². The minimum atomic E-state index is -4.75. The maximum absolute atomic E-state index is 12.8. The SMILES string of the molecule is [C-]#[N+]c1cc(C#N)c(NC(=O)C(=C)C)cc1C(F)(F)F. The first kappa shape index (κ1) is 15.3. The van der Waals surface area contributed by atoms with Crippen LogP contribution in [0.25, 0.3) is 4.85 Å². The minimum absolute atomic E-state index is 0.0803. The highest BCUT2D eigenvalue weighted by Gasteiger charge is 2.34. The number of anilines is 1. The van der Waals surface area contributed by atoms with E-state index in [1.165, 1.54) is 6.92 Å². The topological polar surface area (TPSA) is 57.2 Å². The van der Waals surface area contributed by atoms with Crippen LogP contribution in [-0.4, -0.2) is 5.91 Å². The molecule has 1 N–H and O–H groups in total. The van der Waals surface area contributed by atoms with Gasteiger partial charge in [-0.3, -0.25) is 4.79 Å². The lowest BCUT2D eigenvalue weighted by molar-refractivity contribution is -0.136. The van der Waals surface area contributed by atoms with Crippen LogP contribution >= 0.6 is 0 Å². The maximum Gasteiger partial charge on any atom is 0.407 e. The first-order valence-corrected chi connectivity index (χ1v) is 5.20. The zero-order valence-corrected chi connectivity index (χ0v) is 10.3. The lowest BCUT2D eigenvalue weighted by atomic mass is 10.1. The Hall–Kier alpha value is -2.80. The van der Waals surface area contributed by atoms with E-state index in [-0.39, 0.29) is 16.8 Å². The summed E-state index contributed by atoms with van der Waals surface area (Å²) in [6.07, 6.45) is -4.75. The monoisotopic (exact) mass is 279 g/mol. The average molecular weight is 279 g/mol. The molecule has 0 radical (unpaired) electrons. The molecule has 0 aliphatic rings. The van der Waals surface area contributed by atoms with Gasteiger partial charge in [0.2, 0.25) is 5.69 Å². The molecule has 0 saturated carbocycles. The molecule has 0 saturated heterocycles. The molecule has 1 rings (SSSR count). The van der Waals surface area contributed by atoms with Gasteiger partial charge in [-0.15, -0.1) is 0 Å². The van der Waals surface area contributed by atoms with Crippen LogP contribution in [0.2, 0.25) is 0 Å². The van der Waals surface area contributed by atoms with E-state index in [1.54, 1.807) is 6.07 Å². The Labute approximate surface area is 112 Å². The summed E-state index contributed by atoms with van der Waals surface area (Å²) in [6.45, 7) is 11.5. The van der Waals surface area contributed by atoms with Crippen molar-refractivity contribution in [3.05, 3.63) is 46.8 Å². The number of halogens is 3. The first-order valence-electron chi connectivity index (χ1n) is 5.20. The molecular formula is C13H8F3N3O. The Balaban J connectivity index is 3.46. The normalized spacial score (nSPS) is 10.3. The van der Waals surface area contributed by atoms with Gasteiger partial charge in [0.25, 0.3) is 5.91 Å². The second-order valence-electron chi connectivity index (χ2n) is 3.87. The molecule has 0 spiro atoms. The van der Waals surface area contributed by atoms with Gasteiger partial charge in [0.1, 0.15) is 0 Å². The molecule has 0 aromatic heterocycles. The van der Waals surface area contributed by atoms with E-state index in [4.69, 9.17) is 11.8 Å². The smallest absolute Gasteiger partial charge is 0.321 e. The Bertz CT molecular complexity index is 663. The summed E-state index contributed by atoms with van der Waals surface area (Å²) in [4.78, 5) is 14.2. The fraction of sp³-hybridized carbons (Fsp3) is 0.154. The molecule has 0 atom stereocenters. The van der Waals surface area contributed by atoms with Crippen LogP contribution in [0.1, 0.15) is 18.1 Å². The minimum Gasteiger partial charge on any atom is -0.321 e. The molecule has 0 aliphatic carbocycles. The molecule has 1 aromatic rings. The summed E-state index contributed by atoms with van der Waals surface area (Å²) in [5.74, 6) is -0.704. The zero-order chi connectivity index (χ0) is 15.5. The number of amides is 1. The Morgan fingerprint density at radius 1 is 1.50 bits per heavy atom. The molecule has 4 nitrogen and oxygen atoms in total. The van der Waals surface area contributed by atoms with E-state index in [2.05, 4.69) is 16.7 Å². The van der Waals surface area contributed by atoms with Gasteiger partial charge in [-0.2, -0.15) is 18.4 Å². The summed E-state index contributed by atoms with van der Waals surface area (Å²) in [6, 6.07) is 3.01. The molecule has 102 valence electrons. The van der Waals surface area contributed by atoms with Crippen molar-refractivity contribution in [2.75, 3.05) is 5.32 Å². The molecule has 20 heavy (non-hydrogen) atoms. The standard InChI is InChI=1S/C13H8F3N3O/c1-7(2)12(20)19-10-5-9(13(14,15)16)11(18-3)4-8(10)6-17/h4-5H,1H2,2H3,(H,19,20). The third kappa shape index (κ3) is 3.15. The van der Waals surface area contributed by atoms with E-state index in [1.807, 2.05) is 0 Å². The van der Waals surface area contributed by atoms with Crippen LogP contribution in [0.15, 0.2) is 24.3 Å². The highest BCUT2D eigenvalue weighted by atomic mass is 19.4. The summed E-state index contributed by atoms with van der Waals surface area (Å²) in [5.41, 5.74) is -2.35. The van der Waals surface area contributed by atoms with Crippen molar-refractivity contribution in [2.45, 2.75) is 13.1 Å². The molecule has 1 amide bonds. The number of rotatable bonds is 2. The van der Waals surface area contributed by atoms with Gasteiger partial charge in [-0.1, -0.05) is 6.58 Å². The number of nitrogens with zero attached hydrogens (tertiary/aromatic N) is 2. The molecule has 0 fully saturated rings. The number of hydrogen-bond donors (Lipinski definition) is 1. The van der Waals surface area contributed by atoms with E-state index in [0.29, 0.717) is 6.07 Å². The maximum atomic E-state index is 12.8. The number of alkyl halides is 3. The summed E-state index contributed by atoms with van der Waals surface area (Å²) in [7, 11) is 0. The van der Waals surface area contributed by atoms with E-state index in [9.17, 15) is 18.0 Å². The van der Waals surface area contributed by atoms with Gasteiger partial charge in [-0.25, -0.2) is 4.85 Å². The highest BCUT2D eigenvalue weighted by Crippen LogP contribution is 2.39. The number of benzene rings is 1. The van der Waals surface area contributed by atoms with Gasteiger partial charge in [0, 0.05) is 5.57 Å². The molecule has 1 aromatic carbocycles. The molecular weight excluding hydrogens is 271 g/mol. The van der Waals surface area contributed by atoms with E-state index >= 15 is 0 Å². The Morgan fingerprint density at radius 3 is 2.50 bits per heavy atom. The van der Waals surface area contributed by atoms with Crippen LogP contribution in [0.5, 0.6) is 0 Å². The highest BCUT2D eigenvalue weighted by molar-refractivity contribution is 6.03. The fourth-order valence-corrected chi connectivity index (χ4v) is 1.33.